The van der Waals surface area contributed by atoms with Gasteiger partial charge in [0.1, 0.15) is 18.1 Å². The first kappa shape index (κ1) is 31.0. The Kier molecular flexibility index (Phi) is 15.6. The molecular weight excluding hydrogens is 472 g/mol. The molecule has 11 nitrogen and oxygen atoms in total. The van der Waals surface area contributed by atoms with Gasteiger partial charge in [-0.25, -0.2) is 4.79 Å². The average Bonchev–Trinajstić information content (AvgIpc) is 2.76. The summed E-state index contributed by atoms with van der Waals surface area (Å²) in [6, 6.07) is -4.59. The largest absolute Gasteiger partial charge is 0.481 e. The van der Waals surface area contributed by atoms with Crippen LogP contribution in [0.2, 0.25) is 0 Å². The molecule has 0 fully saturated rings. The molecule has 13 heteroatoms. The third kappa shape index (κ3) is 12.2. The molecule has 33 heavy (non-hydrogen) atoms. The number of thioether (sulfide) groups is 2. The van der Waals surface area contributed by atoms with E-state index in [2.05, 4.69) is 16.0 Å². The number of aliphatic carboxylic acids is 2. The third-order valence-electron chi connectivity index (χ3n) is 5.04. The SMILES string of the molecule is CCC(C)C(N)C(=O)NC(CC(=O)O)C(=O)NC(CCSC)C(=O)NC(CCSC)C(=O)O. The van der Waals surface area contributed by atoms with Gasteiger partial charge in [0, 0.05) is 0 Å². The Balaban J connectivity index is 5.47. The van der Waals surface area contributed by atoms with Gasteiger partial charge in [0.15, 0.2) is 0 Å². The minimum Gasteiger partial charge on any atom is -0.481 e. The summed E-state index contributed by atoms with van der Waals surface area (Å²) in [6.45, 7) is 3.60. The Bertz CT molecular complexity index is 681. The van der Waals surface area contributed by atoms with Gasteiger partial charge in [-0.3, -0.25) is 19.2 Å². The lowest BCUT2D eigenvalue weighted by atomic mass is 9.99. The summed E-state index contributed by atoms with van der Waals surface area (Å²) in [5.41, 5.74) is 5.87. The first-order valence-corrected chi connectivity index (χ1v) is 13.4. The van der Waals surface area contributed by atoms with E-state index in [-0.39, 0.29) is 18.8 Å². The molecule has 0 rings (SSSR count). The highest BCUT2D eigenvalue weighted by Crippen LogP contribution is 2.08. The molecule has 0 saturated heterocycles. The molecule has 0 saturated carbocycles. The fourth-order valence-electron chi connectivity index (χ4n) is 2.71. The second-order valence-corrected chi connectivity index (χ2v) is 9.57. The van der Waals surface area contributed by atoms with E-state index in [0.29, 0.717) is 17.9 Å². The van der Waals surface area contributed by atoms with Gasteiger partial charge in [-0.1, -0.05) is 20.3 Å². The number of nitrogens with two attached hydrogens (primary N) is 1. The Morgan fingerprint density at radius 1 is 0.818 bits per heavy atom. The van der Waals surface area contributed by atoms with Crippen LogP contribution < -0.4 is 21.7 Å². The van der Waals surface area contributed by atoms with Gasteiger partial charge in [0.2, 0.25) is 17.7 Å². The number of carboxylic acid groups (broad SMARTS) is 2. The van der Waals surface area contributed by atoms with E-state index in [4.69, 9.17) is 5.73 Å². The van der Waals surface area contributed by atoms with Gasteiger partial charge in [-0.2, -0.15) is 23.5 Å². The Labute approximate surface area is 202 Å². The maximum Gasteiger partial charge on any atom is 0.326 e. The standard InChI is InChI=1S/C20H36N4O7S2/c1-5-11(2)16(21)19(29)24-14(10-15(25)26)18(28)22-12(6-8-32-3)17(27)23-13(20(30)31)7-9-33-4/h11-14,16H,5-10,21H2,1-4H3,(H,22,28)(H,23,27)(H,24,29)(H,25,26)(H,30,31). The molecule has 5 unspecified atom stereocenters. The summed E-state index contributed by atoms with van der Waals surface area (Å²) < 4.78 is 0. The predicted molar refractivity (Wildman–Crippen MR) is 129 cm³/mol. The second kappa shape index (κ2) is 16.6. The fraction of sp³-hybridized carbons (Fsp3) is 0.750. The zero-order chi connectivity index (χ0) is 25.6. The number of rotatable bonds is 17. The Morgan fingerprint density at radius 3 is 1.73 bits per heavy atom. The lowest BCUT2D eigenvalue weighted by molar-refractivity contribution is -0.143. The van der Waals surface area contributed by atoms with Gasteiger partial charge >= 0.3 is 11.9 Å². The molecule has 0 heterocycles. The van der Waals surface area contributed by atoms with Crippen molar-refractivity contribution in [3.8, 4) is 0 Å². The summed E-state index contributed by atoms with van der Waals surface area (Å²) in [5, 5.41) is 25.8. The first-order chi connectivity index (χ1) is 15.5. The highest BCUT2D eigenvalue weighted by molar-refractivity contribution is 7.98. The minimum absolute atomic E-state index is 0.187. The zero-order valence-electron chi connectivity index (χ0n) is 19.5. The van der Waals surface area contributed by atoms with Crippen LogP contribution >= 0.6 is 23.5 Å². The normalized spacial score (nSPS) is 15.4. The third-order valence-corrected chi connectivity index (χ3v) is 6.33. The van der Waals surface area contributed by atoms with Gasteiger partial charge < -0.3 is 31.9 Å². The van der Waals surface area contributed by atoms with Crippen LogP contribution in [-0.4, -0.2) is 88.1 Å². The molecule has 0 aliphatic heterocycles. The maximum absolute atomic E-state index is 12.8. The number of hydrogen-bond donors (Lipinski definition) is 6. The molecule has 190 valence electrons. The van der Waals surface area contributed by atoms with Crippen molar-refractivity contribution in [3.05, 3.63) is 0 Å². The number of amides is 3. The zero-order valence-corrected chi connectivity index (χ0v) is 21.1. The van der Waals surface area contributed by atoms with Gasteiger partial charge in [-0.15, -0.1) is 0 Å². The van der Waals surface area contributed by atoms with Crippen LogP contribution in [0.15, 0.2) is 0 Å². The summed E-state index contributed by atoms with van der Waals surface area (Å²) in [4.78, 5) is 60.6. The lowest BCUT2D eigenvalue weighted by Crippen LogP contribution is -2.58. The van der Waals surface area contributed by atoms with Crippen molar-refractivity contribution >= 4 is 53.2 Å². The summed E-state index contributed by atoms with van der Waals surface area (Å²) in [5.74, 6) is -3.92. The van der Waals surface area contributed by atoms with Crippen LogP contribution in [0.3, 0.4) is 0 Å². The first-order valence-electron chi connectivity index (χ1n) is 10.6. The van der Waals surface area contributed by atoms with E-state index in [0.717, 1.165) is 0 Å². The van der Waals surface area contributed by atoms with E-state index in [1.54, 1.807) is 13.2 Å². The molecule has 0 aromatic carbocycles. The summed E-state index contributed by atoms with van der Waals surface area (Å²) in [7, 11) is 0. The number of carbonyl (C=O) groups excluding carboxylic acids is 3. The van der Waals surface area contributed by atoms with Crippen LogP contribution in [0.25, 0.3) is 0 Å². The molecule has 0 bridgehead atoms. The lowest BCUT2D eigenvalue weighted by Gasteiger charge is -2.25. The van der Waals surface area contributed by atoms with Crippen LogP contribution in [0.5, 0.6) is 0 Å². The smallest absolute Gasteiger partial charge is 0.326 e. The van der Waals surface area contributed by atoms with Crippen LogP contribution in [0, 0.1) is 5.92 Å². The van der Waals surface area contributed by atoms with Crippen molar-refractivity contribution in [1.82, 2.24) is 16.0 Å². The Morgan fingerprint density at radius 2 is 1.27 bits per heavy atom. The van der Waals surface area contributed by atoms with E-state index >= 15 is 0 Å². The Hall–Kier alpha value is -1.99. The van der Waals surface area contributed by atoms with Crippen molar-refractivity contribution in [2.45, 2.75) is 63.7 Å². The van der Waals surface area contributed by atoms with Gasteiger partial charge in [0.25, 0.3) is 0 Å². The van der Waals surface area contributed by atoms with Crippen molar-refractivity contribution in [2.75, 3.05) is 24.0 Å². The molecule has 0 aromatic rings. The number of nitrogens with one attached hydrogen (secondary N) is 3. The van der Waals surface area contributed by atoms with Crippen LogP contribution in [0.1, 0.15) is 39.5 Å². The van der Waals surface area contributed by atoms with Crippen molar-refractivity contribution in [3.63, 3.8) is 0 Å². The molecule has 0 aromatic heterocycles. The molecule has 3 amide bonds. The summed E-state index contributed by atoms with van der Waals surface area (Å²) >= 11 is 2.86. The topological polar surface area (TPSA) is 188 Å². The highest BCUT2D eigenvalue weighted by Gasteiger charge is 2.31. The monoisotopic (exact) mass is 508 g/mol. The predicted octanol–water partition coefficient (Wildman–Crippen LogP) is -0.120. The van der Waals surface area contributed by atoms with E-state index in [9.17, 15) is 34.2 Å². The van der Waals surface area contributed by atoms with E-state index in [1.165, 1.54) is 23.5 Å². The molecule has 7 N–H and O–H groups in total. The molecular formula is C20H36N4O7S2. The molecule has 0 aliphatic rings. The fourth-order valence-corrected chi connectivity index (χ4v) is 3.65. The van der Waals surface area contributed by atoms with Gasteiger partial charge in [0.05, 0.1) is 12.5 Å². The van der Waals surface area contributed by atoms with Gasteiger partial charge in [-0.05, 0) is 42.8 Å². The van der Waals surface area contributed by atoms with E-state index in [1.807, 2.05) is 13.2 Å². The van der Waals surface area contributed by atoms with Crippen molar-refractivity contribution in [2.24, 2.45) is 11.7 Å². The number of carbonyl (C=O) groups is 5. The summed E-state index contributed by atoms with van der Waals surface area (Å²) in [6.07, 6.45) is 3.92. The highest BCUT2D eigenvalue weighted by atomic mass is 32.2. The molecule has 0 radical (unpaired) electrons. The quantitative estimate of drug-likeness (QED) is 0.154. The average molecular weight is 509 g/mol. The number of hydrogen-bond acceptors (Lipinski definition) is 8. The van der Waals surface area contributed by atoms with Crippen molar-refractivity contribution < 1.29 is 34.2 Å². The van der Waals surface area contributed by atoms with E-state index < -0.39 is 60.2 Å². The molecule has 0 spiro atoms. The molecule has 0 aliphatic carbocycles. The second-order valence-electron chi connectivity index (χ2n) is 7.59. The minimum atomic E-state index is -1.44. The number of carboxylic acids is 2. The molecule has 5 atom stereocenters. The maximum atomic E-state index is 12.8. The van der Waals surface area contributed by atoms with Crippen molar-refractivity contribution in [1.29, 1.82) is 0 Å². The van der Waals surface area contributed by atoms with Crippen LogP contribution in [0.4, 0.5) is 0 Å². The van der Waals surface area contributed by atoms with Crippen LogP contribution in [-0.2, 0) is 24.0 Å².